The molecule has 0 aliphatic carbocycles. The van der Waals surface area contributed by atoms with Crippen molar-refractivity contribution < 1.29 is 9.47 Å². The molecule has 1 heterocycles. The molecule has 1 aromatic rings. The van der Waals surface area contributed by atoms with E-state index in [1.807, 2.05) is 12.1 Å². The molecule has 0 spiro atoms. The molecular formula is C9H12ClNO2. The number of nitrogens with zero attached hydrogens (tertiary/aromatic N) is 1. The number of hydrogen-bond acceptors (Lipinski definition) is 3. The van der Waals surface area contributed by atoms with Gasteiger partial charge in [0.1, 0.15) is 5.15 Å². The Morgan fingerprint density at radius 1 is 1.46 bits per heavy atom. The Morgan fingerprint density at radius 3 is 3.00 bits per heavy atom. The summed E-state index contributed by atoms with van der Waals surface area (Å²) in [6, 6.07) is 3.73. The van der Waals surface area contributed by atoms with Crippen molar-refractivity contribution in [2.24, 2.45) is 0 Å². The minimum Gasteiger partial charge on any atom is -0.382 e. The van der Waals surface area contributed by atoms with Gasteiger partial charge >= 0.3 is 0 Å². The molecule has 0 fully saturated rings. The van der Waals surface area contributed by atoms with Gasteiger partial charge in [-0.15, -0.1) is 0 Å². The highest BCUT2D eigenvalue weighted by Gasteiger charge is 1.99. The van der Waals surface area contributed by atoms with Gasteiger partial charge in [-0.05, 0) is 6.07 Å². The first-order valence-electron chi connectivity index (χ1n) is 4.00. The Balaban J connectivity index is 2.32. The van der Waals surface area contributed by atoms with Crippen molar-refractivity contribution in [1.29, 1.82) is 0 Å². The SMILES string of the molecule is COCCOCc1cccnc1Cl. The second-order valence-corrected chi connectivity index (χ2v) is 2.86. The summed E-state index contributed by atoms with van der Waals surface area (Å²) in [6.45, 7) is 1.65. The van der Waals surface area contributed by atoms with E-state index >= 15 is 0 Å². The van der Waals surface area contributed by atoms with Crippen LogP contribution in [-0.2, 0) is 16.1 Å². The third-order valence-corrected chi connectivity index (χ3v) is 1.87. The van der Waals surface area contributed by atoms with Crippen LogP contribution in [0.15, 0.2) is 18.3 Å². The summed E-state index contributed by atoms with van der Waals surface area (Å²) < 4.78 is 10.1. The zero-order valence-corrected chi connectivity index (χ0v) is 8.25. The first-order valence-corrected chi connectivity index (χ1v) is 4.38. The Labute approximate surface area is 82.6 Å². The zero-order valence-electron chi connectivity index (χ0n) is 7.50. The van der Waals surface area contributed by atoms with Gasteiger partial charge < -0.3 is 9.47 Å². The van der Waals surface area contributed by atoms with E-state index in [0.717, 1.165) is 5.56 Å². The third-order valence-electron chi connectivity index (χ3n) is 1.53. The first-order chi connectivity index (χ1) is 6.34. The number of hydrogen-bond donors (Lipinski definition) is 0. The number of aromatic nitrogens is 1. The van der Waals surface area contributed by atoms with Crippen LogP contribution in [0.25, 0.3) is 0 Å². The lowest BCUT2D eigenvalue weighted by Crippen LogP contribution is -2.02. The van der Waals surface area contributed by atoms with Crippen LogP contribution >= 0.6 is 11.6 Å². The molecule has 1 rings (SSSR count). The highest BCUT2D eigenvalue weighted by atomic mass is 35.5. The van der Waals surface area contributed by atoms with Gasteiger partial charge in [0.2, 0.25) is 0 Å². The molecule has 0 saturated carbocycles. The summed E-state index contributed by atoms with van der Waals surface area (Å²) >= 11 is 5.81. The highest BCUT2D eigenvalue weighted by Crippen LogP contribution is 2.11. The van der Waals surface area contributed by atoms with Gasteiger partial charge in [-0.1, -0.05) is 17.7 Å². The topological polar surface area (TPSA) is 31.4 Å². The van der Waals surface area contributed by atoms with Crippen LogP contribution in [0.5, 0.6) is 0 Å². The molecule has 4 heteroatoms. The van der Waals surface area contributed by atoms with Gasteiger partial charge in [0.05, 0.1) is 19.8 Å². The van der Waals surface area contributed by atoms with Crippen LogP contribution < -0.4 is 0 Å². The van der Waals surface area contributed by atoms with E-state index in [-0.39, 0.29) is 0 Å². The van der Waals surface area contributed by atoms with E-state index in [1.165, 1.54) is 0 Å². The van der Waals surface area contributed by atoms with Crippen LogP contribution in [-0.4, -0.2) is 25.3 Å². The fraction of sp³-hybridized carbons (Fsp3) is 0.444. The lowest BCUT2D eigenvalue weighted by molar-refractivity contribution is 0.0616. The van der Waals surface area contributed by atoms with Crippen LogP contribution in [0.2, 0.25) is 5.15 Å². The van der Waals surface area contributed by atoms with Gasteiger partial charge in [-0.3, -0.25) is 0 Å². The van der Waals surface area contributed by atoms with E-state index in [2.05, 4.69) is 4.98 Å². The first kappa shape index (κ1) is 10.4. The summed E-state index contributed by atoms with van der Waals surface area (Å²) in [6.07, 6.45) is 1.65. The molecule has 13 heavy (non-hydrogen) atoms. The Kier molecular flexibility index (Phi) is 4.75. The Bertz CT molecular complexity index is 255. The average Bonchev–Trinajstić information content (AvgIpc) is 2.15. The minimum atomic E-state index is 0.482. The molecule has 0 radical (unpaired) electrons. The molecule has 0 bridgehead atoms. The molecule has 1 aromatic heterocycles. The second-order valence-electron chi connectivity index (χ2n) is 2.50. The van der Waals surface area contributed by atoms with Gasteiger partial charge in [0.25, 0.3) is 0 Å². The van der Waals surface area contributed by atoms with Crippen molar-refractivity contribution in [2.75, 3.05) is 20.3 Å². The zero-order chi connectivity index (χ0) is 9.52. The number of rotatable bonds is 5. The van der Waals surface area contributed by atoms with Gasteiger partial charge in [-0.25, -0.2) is 4.98 Å². The number of pyridine rings is 1. The summed E-state index contributed by atoms with van der Waals surface area (Å²) in [5.41, 5.74) is 0.903. The third kappa shape index (κ3) is 3.72. The molecule has 0 atom stereocenters. The molecule has 72 valence electrons. The predicted octanol–water partition coefficient (Wildman–Crippen LogP) is 1.90. The van der Waals surface area contributed by atoms with E-state index in [4.69, 9.17) is 21.1 Å². The number of methoxy groups -OCH3 is 1. The molecule has 0 amide bonds. The van der Waals surface area contributed by atoms with Gasteiger partial charge in [0.15, 0.2) is 0 Å². The van der Waals surface area contributed by atoms with E-state index in [0.29, 0.717) is 25.0 Å². The lowest BCUT2D eigenvalue weighted by atomic mass is 10.3. The summed E-state index contributed by atoms with van der Waals surface area (Å²) in [5, 5.41) is 0.500. The molecule has 0 unspecified atom stereocenters. The van der Waals surface area contributed by atoms with Gasteiger partial charge in [-0.2, -0.15) is 0 Å². The Morgan fingerprint density at radius 2 is 2.31 bits per heavy atom. The minimum absolute atomic E-state index is 0.482. The predicted molar refractivity (Wildman–Crippen MR) is 50.8 cm³/mol. The maximum absolute atomic E-state index is 5.81. The quantitative estimate of drug-likeness (QED) is 0.539. The van der Waals surface area contributed by atoms with Crippen LogP contribution in [0.3, 0.4) is 0 Å². The van der Waals surface area contributed by atoms with Crippen LogP contribution in [0, 0.1) is 0 Å². The summed E-state index contributed by atoms with van der Waals surface area (Å²) in [7, 11) is 1.64. The van der Waals surface area contributed by atoms with E-state index in [1.54, 1.807) is 13.3 Å². The van der Waals surface area contributed by atoms with E-state index < -0.39 is 0 Å². The molecule has 0 aromatic carbocycles. The summed E-state index contributed by atoms with van der Waals surface area (Å²) in [5.74, 6) is 0. The largest absolute Gasteiger partial charge is 0.382 e. The smallest absolute Gasteiger partial charge is 0.134 e. The molecular weight excluding hydrogens is 190 g/mol. The van der Waals surface area contributed by atoms with Crippen molar-refractivity contribution in [3.8, 4) is 0 Å². The number of halogens is 1. The molecule has 0 aliphatic rings. The fourth-order valence-electron chi connectivity index (χ4n) is 0.851. The van der Waals surface area contributed by atoms with E-state index in [9.17, 15) is 0 Å². The van der Waals surface area contributed by atoms with Crippen molar-refractivity contribution in [3.05, 3.63) is 29.0 Å². The molecule has 3 nitrogen and oxygen atoms in total. The second kappa shape index (κ2) is 5.91. The van der Waals surface area contributed by atoms with Crippen molar-refractivity contribution in [1.82, 2.24) is 4.98 Å². The standard InChI is InChI=1S/C9H12ClNO2/c1-12-5-6-13-7-8-3-2-4-11-9(8)10/h2-4H,5-7H2,1H3. The maximum atomic E-state index is 5.81. The summed E-state index contributed by atoms with van der Waals surface area (Å²) in [4.78, 5) is 3.93. The Hall–Kier alpha value is -0.640. The molecule has 0 N–H and O–H groups in total. The normalized spacial score (nSPS) is 10.3. The molecule has 0 saturated heterocycles. The average molecular weight is 202 g/mol. The highest BCUT2D eigenvalue weighted by molar-refractivity contribution is 6.30. The monoisotopic (exact) mass is 201 g/mol. The van der Waals surface area contributed by atoms with Crippen LogP contribution in [0.4, 0.5) is 0 Å². The van der Waals surface area contributed by atoms with Crippen molar-refractivity contribution in [2.45, 2.75) is 6.61 Å². The number of ether oxygens (including phenoxy) is 2. The molecule has 0 aliphatic heterocycles. The van der Waals surface area contributed by atoms with Crippen LogP contribution in [0.1, 0.15) is 5.56 Å². The fourth-order valence-corrected chi connectivity index (χ4v) is 1.03. The van der Waals surface area contributed by atoms with Crippen molar-refractivity contribution >= 4 is 11.6 Å². The maximum Gasteiger partial charge on any atom is 0.134 e. The van der Waals surface area contributed by atoms with Gasteiger partial charge in [0, 0.05) is 18.9 Å². The lowest BCUT2D eigenvalue weighted by Gasteiger charge is -2.04. The van der Waals surface area contributed by atoms with Crippen molar-refractivity contribution in [3.63, 3.8) is 0 Å².